The molecule has 1 aromatic carbocycles. The molecule has 1 rings (SSSR count). The number of unbranched alkanes of at least 4 members (excludes halogenated alkanes) is 7. The van der Waals surface area contributed by atoms with Crippen molar-refractivity contribution in [3.8, 4) is 0 Å². The van der Waals surface area contributed by atoms with E-state index in [1.807, 2.05) is 0 Å². The number of rotatable bonds is 12. The van der Waals surface area contributed by atoms with E-state index in [2.05, 4.69) is 13.8 Å². The molecule has 0 heterocycles. The summed E-state index contributed by atoms with van der Waals surface area (Å²) in [4.78, 5) is -0.136. The third-order valence-corrected chi connectivity index (χ3v) is 5.39. The number of quaternary nitrogens is 1. The molecule has 5 heteroatoms. The Morgan fingerprint density at radius 2 is 1.38 bits per heavy atom. The van der Waals surface area contributed by atoms with Gasteiger partial charge in [-0.05, 0) is 36.5 Å². The lowest BCUT2D eigenvalue weighted by Crippen LogP contribution is -2.01. The van der Waals surface area contributed by atoms with Crippen molar-refractivity contribution in [2.24, 2.45) is 0 Å². The first-order valence-corrected chi connectivity index (χ1v) is 10.5. The Bertz CT molecular complexity index is 526. The van der Waals surface area contributed by atoms with Crippen LogP contribution in [0.5, 0.6) is 0 Å². The van der Waals surface area contributed by atoms with E-state index >= 15 is 0 Å². The predicted octanol–water partition coefficient (Wildman–Crippen LogP) is 5.99. The molecule has 0 saturated carbocycles. The van der Waals surface area contributed by atoms with Crippen molar-refractivity contribution in [1.29, 1.82) is 0 Å². The van der Waals surface area contributed by atoms with Crippen LogP contribution >= 0.6 is 0 Å². The average Bonchev–Trinajstić information content (AvgIpc) is 2.53. The van der Waals surface area contributed by atoms with Crippen molar-refractivity contribution < 1.29 is 13.0 Å². The Balaban J connectivity index is 0.00000529. The molecule has 4 N–H and O–H groups in total. The minimum atomic E-state index is -4.34. The van der Waals surface area contributed by atoms with Crippen LogP contribution in [-0.4, -0.2) is 13.0 Å². The molecule has 0 aliphatic rings. The van der Waals surface area contributed by atoms with Crippen LogP contribution in [0.3, 0.4) is 0 Å². The van der Waals surface area contributed by atoms with E-state index in [0.717, 1.165) is 18.4 Å². The zero-order valence-electron chi connectivity index (χ0n) is 15.6. The molecule has 0 saturated heterocycles. The minimum absolute atomic E-state index is 0. The van der Waals surface area contributed by atoms with E-state index < -0.39 is 10.1 Å². The largest absolute Gasteiger partial charge is 0.744 e. The lowest BCUT2D eigenvalue weighted by atomic mass is 9.91. The zero-order chi connectivity index (χ0) is 17.1. The van der Waals surface area contributed by atoms with E-state index in [-0.39, 0.29) is 11.0 Å². The van der Waals surface area contributed by atoms with Crippen LogP contribution in [0, 0.1) is 0 Å². The number of benzene rings is 1. The topological polar surface area (TPSA) is 93.7 Å². The Labute approximate surface area is 148 Å². The summed E-state index contributed by atoms with van der Waals surface area (Å²) in [5.74, 6) is 0.457. The van der Waals surface area contributed by atoms with Crippen LogP contribution in [-0.2, 0) is 10.1 Å². The Morgan fingerprint density at radius 3 is 1.83 bits per heavy atom. The molecule has 0 aliphatic carbocycles. The summed E-state index contributed by atoms with van der Waals surface area (Å²) in [7, 11) is -4.34. The van der Waals surface area contributed by atoms with Crippen molar-refractivity contribution in [2.75, 3.05) is 0 Å². The smallest absolute Gasteiger partial charge is 0.124 e. The number of hydrogen-bond donors (Lipinski definition) is 1. The van der Waals surface area contributed by atoms with Crippen molar-refractivity contribution in [2.45, 2.75) is 88.9 Å². The summed E-state index contributed by atoms with van der Waals surface area (Å²) >= 11 is 0. The van der Waals surface area contributed by atoms with Crippen LogP contribution in [0.15, 0.2) is 29.2 Å². The van der Waals surface area contributed by atoms with Gasteiger partial charge in [-0.1, -0.05) is 77.3 Å². The molecule has 140 valence electrons. The predicted molar refractivity (Wildman–Crippen MR) is 101 cm³/mol. The summed E-state index contributed by atoms with van der Waals surface area (Å²) < 4.78 is 32.9. The number of hydrogen-bond acceptors (Lipinski definition) is 3. The molecule has 0 bridgehead atoms. The van der Waals surface area contributed by atoms with E-state index in [1.54, 1.807) is 12.1 Å². The van der Waals surface area contributed by atoms with Crippen molar-refractivity contribution in [3.05, 3.63) is 29.8 Å². The van der Waals surface area contributed by atoms with Crippen LogP contribution in [0.25, 0.3) is 0 Å². The molecule has 0 aromatic heterocycles. The van der Waals surface area contributed by atoms with Gasteiger partial charge in [-0.3, -0.25) is 0 Å². The van der Waals surface area contributed by atoms with Crippen molar-refractivity contribution in [3.63, 3.8) is 0 Å². The minimum Gasteiger partial charge on any atom is -0.744 e. The highest BCUT2D eigenvalue weighted by Crippen LogP contribution is 2.27. The van der Waals surface area contributed by atoms with Gasteiger partial charge in [0.1, 0.15) is 10.1 Å². The summed E-state index contributed by atoms with van der Waals surface area (Å²) in [6.07, 6.45) is 12.7. The van der Waals surface area contributed by atoms with Gasteiger partial charge >= 0.3 is 0 Å². The first kappa shape index (κ1) is 23.1. The van der Waals surface area contributed by atoms with Gasteiger partial charge in [0.2, 0.25) is 0 Å². The average molecular weight is 358 g/mol. The highest BCUT2D eigenvalue weighted by molar-refractivity contribution is 7.85. The molecule has 1 atom stereocenters. The molecule has 24 heavy (non-hydrogen) atoms. The molecule has 0 spiro atoms. The molecule has 1 aromatic rings. The maximum absolute atomic E-state index is 11.0. The quantitative estimate of drug-likeness (QED) is 0.367. The van der Waals surface area contributed by atoms with E-state index in [9.17, 15) is 13.0 Å². The van der Waals surface area contributed by atoms with Crippen LogP contribution in [0.4, 0.5) is 0 Å². The summed E-state index contributed by atoms with van der Waals surface area (Å²) in [5.41, 5.74) is 1.14. The fourth-order valence-corrected chi connectivity index (χ4v) is 3.51. The van der Waals surface area contributed by atoms with Gasteiger partial charge in [-0.15, -0.1) is 0 Å². The molecule has 0 fully saturated rings. The lowest BCUT2D eigenvalue weighted by Gasteiger charge is -2.16. The molecular formula is C19H35NO3S. The first-order valence-electron chi connectivity index (χ1n) is 9.04. The van der Waals surface area contributed by atoms with Crippen LogP contribution in [0.2, 0.25) is 0 Å². The molecule has 1 unspecified atom stereocenters. The zero-order valence-corrected chi connectivity index (χ0v) is 16.4. The maximum Gasteiger partial charge on any atom is 0.124 e. The standard InChI is InChI=1S/C19H32O3S.H3N/c1-3-5-6-7-8-9-10-11-12-17(4-2)18-13-15-19(16-14-18)23(20,21)22;/h13-17H,3-12H2,1-2H3,(H,20,21,22);1H3. The van der Waals surface area contributed by atoms with Gasteiger partial charge in [0.25, 0.3) is 0 Å². The summed E-state index contributed by atoms with van der Waals surface area (Å²) in [6, 6.07) is 6.47. The fourth-order valence-electron chi connectivity index (χ4n) is 3.04. The molecule has 0 radical (unpaired) electrons. The molecular weight excluding hydrogens is 322 g/mol. The van der Waals surface area contributed by atoms with Crippen LogP contribution < -0.4 is 6.15 Å². The van der Waals surface area contributed by atoms with Crippen molar-refractivity contribution >= 4 is 10.1 Å². The third kappa shape index (κ3) is 8.81. The monoisotopic (exact) mass is 357 g/mol. The fraction of sp³-hybridized carbons (Fsp3) is 0.684. The Kier molecular flexibility index (Phi) is 12.0. The normalized spacial score (nSPS) is 12.6. The highest BCUT2D eigenvalue weighted by atomic mass is 32.2. The molecule has 0 amide bonds. The SMILES string of the molecule is CCCCCCCCCCC(CC)c1ccc(S(=O)(=O)[O-])cc1.[NH4+]. The van der Waals surface area contributed by atoms with Gasteiger partial charge in [0.15, 0.2) is 0 Å². The second kappa shape index (κ2) is 12.5. The van der Waals surface area contributed by atoms with Crippen molar-refractivity contribution in [1.82, 2.24) is 6.15 Å². The van der Waals surface area contributed by atoms with Gasteiger partial charge in [0, 0.05) is 0 Å². The lowest BCUT2D eigenvalue weighted by molar-refractivity contribution is 0.463. The second-order valence-electron chi connectivity index (χ2n) is 6.39. The Hall–Kier alpha value is -0.910. The highest BCUT2D eigenvalue weighted by Gasteiger charge is 2.10. The van der Waals surface area contributed by atoms with Gasteiger partial charge in [0.05, 0.1) is 4.90 Å². The van der Waals surface area contributed by atoms with Crippen LogP contribution in [0.1, 0.15) is 89.5 Å². The van der Waals surface area contributed by atoms with Gasteiger partial charge in [-0.25, -0.2) is 8.42 Å². The third-order valence-electron chi connectivity index (χ3n) is 4.54. The second-order valence-corrected chi connectivity index (χ2v) is 7.77. The van der Waals surface area contributed by atoms with E-state index in [0.29, 0.717) is 5.92 Å². The summed E-state index contributed by atoms with van der Waals surface area (Å²) in [5, 5.41) is 0. The molecule has 0 aliphatic heterocycles. The van der Waals surface area contributed by atoms with E-state index in [4.69, 9.17) is 0 Å². The van der Waals surface area contributed by atoms with Gasteiger partial charge in [-0.2, -0.15) is 0 Å². The van der Waals surface area contributed by atoms with E-state index in [1.165, 1.54) is 63.5 Å². The molecule has 4 nitrogen and oxygen atoms in total. The first-order chi connectivity index (χ1) is 11.0. The summed E-state index contributed by atoms with van der Waals surface area (Å²) in [6.45, 7) is 4.40. The Morgan fingerprint density at radius 1 is 0.875 bits per heavy atom. The maximum atomic E-state index is 11.0. The van der Waals surface area contributed by atoms with Gasteiger partial charge < -0.3 is 10.7 Å².